The van der Waals surface area contributed by atoms with Crippen LogP contribution in [0.25, 0.3) is 10.9 Å². The molecule has 0 saturated carbocycles. The van der Waals surface area contributed by atoms with Crippen molar-refractivity contribution in [1.29, 1.82) is 0 Å². The minimum absolute atomic E-state index is 0.0374. The summed E-state index contributed by atoms with van der Waals surface area (Å²) in [5.41, 5.74) is 0.677. The third-order valence-electron chi connectivity index (χ3n) is 2.72. The number of fused-ring (bicyclic) bond motifs is 1. The van der Waals surface area contributed by atoms with Crippen molar-refractivity contribution in [1.82, 2.24) is 9.55 Å². The van der Waals surface area contributed by atoms with Crippen molar-refractivity contribution < 1.29 is 0 Å². The Hall–Kier alpha value is -1.52. The molecule has 1 heterocycles. The van der Waals surface area contributed by atoms with E-state index in [9.17, 15) is 4.79 Å². The second-order valence-electron chi connectivity index (χ2n) is 4.22. The van der Waals surface area contributed by atoms with Crippen molar-refractivity contribution in [2.75, 3.05) is 5.75 Å². The fourth-order valence-corrected chi connectivity index (χ4v) is 2.91. The van der Waals surface area contributed by atoms with Crippen LogP contribution in [0.2, 0.25) is 0 Å². The summed E-state index contributed by atoms with van der Waals surface area (Å²) in [6.45, 7) is 5.97. The van der Waals surface area contributed by atoms with E-state index in [1.165, 1.54) is 11.8 Å². The summed E-state index contributed by atoms with van der Waals surface area (Å²) in [5, 5.41) is 2.04. The summed E-state index contributed by atoms with van der Waals surface area (Å²) in [6.07, 6.45) is 3.59. The van der Waals surface area contributed by atoms with Gasteiger partial charge >= 0.3 is 0 Å². The van der Waals surface area contributed by atoms with Crippen LogP contribution in [0.4, 0.5) is 0 Å². The number of hydrogen-bond donors (Lipinski definition) is 0. The smallest absolute Gasteiger partial charge is 0.262 e. The van der Waals surface area contributed by atoms with Gasteiger partial charge in [-0.2, -0.15) is 0 Å². The van der Waals surface area contributed by atoms with Crippen molar-refractivity contribution in [3.8, 4) is 0 Å². The fraction of sp³-hybridized carbons (Fsp3) is 0.200. The lowest BCUT2D eigenvalue weighted by atomic mass is 10.2. The zero-order valence-electron chi connectivity index (χ0n) is 11.2. The average molecular weight is 307 g/mol. The first kappa shape index (κ1) is 14.9. The van der Waals surface area contributed by atoms with Crippen molar-refractivity contribution in [2.24, 2.45) is 0 Å². The maximum atomic E-state index is 12.5. The molecule has 0 aliphatic carbocycles. The maximum absolute atomic E-state index is 12.5. The number of allylic oxidation sites excluding steroid dienone is 2. The third kappa shape index (κ3) is 3.32. The van der Waals surface area contributed by atoms with Gasteiger partial charge in [-0.1, -0.05) is 47.6 Å². The van der Waals surface area contributed by atoms with Crippen LogP contribution in [0.5, 0.6) is 0 Å². The van der Waals surface area contributed by atoms with E-state index in [0.717, 1.165) is 5.03 Å². The number of aromatic nitrogens is 2. The van der Waals surface area contributed by atoms with Gasteiger partial charge in [-0.25, -0.2) is 4.98 Å². The normalized spacial score (nSPS) is 11.8. The molecule has 1 aromatic heterocycles. The van der Waals surface area contributed by atoms with E-state index < -0.39 is 0 Å². The SMILES string of the molecule is C=CCn1c(SCC=C(C)Cl)nc2ccccc2c1=O. The standard InChI is InChI=1S/C15H15ClN2OS/c1-3-9-18-14(19)12-6-4-5-7-13(12)17-15(18)20-10-8-11(2)16/h3-8H,1,9-10H2,2H3. The van der Waals surface area contributed by atoms with E-state index in [2.05, 4.69) is 11.6 Å². The van der Waals surface area contributed by atoms with Gasteiger partial charge in [0.05, 0.1) is 10.9 Å². The number of hydrogen-bond acceptors (Lipinski definition) is 3. The monoisotopic (exact) mass is 306 g/mol. The molecule has 0 unspecified atom stereocenters. The summed E-state index contributed by atoms with van der Waals surface area (Å²) < 4.78 is 1.64. The van der Waals surface area contributed by atoms with Gasteiger partial charge in [0, 0.05) is 17.3 Å². The zero-order chi connectivity index (χ0) is 14.5. The minimum Gasteiger partial charge on any atom is -0.283 e. The molecule has 20 heavy (non-hydrogen) atoms. The van der Waals surface area contributed by atoms with E-state index in [4.69, 9.17) is 11.6 Å². The molecule has 2 aromatic rings. The minimum atomic E-state index is -0.0374. The molecule has 2 rings (SSSR count). The highest BCUT2D eigenvalue weighted by Gasteiger charge is 2.09. The second-order valence-corrected chi connectivity index (χ2v) is 5.80. The van der Waals surface area contributed by atoms with Crippen LogP contribution >= 0.6 is 23.4 Å². The Morgan fingerprint density at radius 3 is 2.95 bits per heavy atom. The molecule has 0 fully saturated rings. The molecule has 104 valence electrons. The van der Waals surface area contributed by atoms with Crippen LogP contribution in [-0.2, 0) is 6.54 Å². The molecule has 0 amide bonds. The van der Waals surface area contributed by atoms with Crippen LogP contribution in [0.15, 0.2) is 58.0 Å². The van der Waals surface area contributed by atoms with Crippen LogP contribution in [0, 0.1) is 0 Å². The molecule has 0 radical (unpaired) electrons. The lowest BCUT2D eigenvalue weighted by Crippen LogP contribution is -2.22. The van der Waals surface area contributed by atoms with Gasteiger partial charge in [0.25, 0.3) is 5.56 Å². The number of benzene rings is 1. The first-order valence-electron chi connectivity index (χ1n) is 6.19. The number of nitrogens with zero attached hydrogens (tertiary/aromatic N) is 2. The summed E-state index contributed by atoms with van der Waals surface area (Å²) in [4.78, 5) is 17.0. The largest absolute Gasteiger partial charge is 0.283 e. The van der Waals surface area contributed by atoms with Crippen molar-refractivity contribution >= 4 is 34.3 Å². The summed E-state index contributed by atoms with van der Waals surface area (Å²) >= 11 is 7.30. The van der Waals surface area contributed by atoms with Crippen LogP contribution in [-0.4, -0.2) is 15.3 Å². The molecule has 0 N–H and O–H groups in total. The van der Waals surface area contributed by atoms with Gasteiger partial charge in [0.1, 0.15) is 0 Å². The van der Waals surface area contributed by atoms with Crippen molar-refractivity contribution in [3.05, 3.63) is 58.4 Å². The Morgan fingerprint density at radius 1 is 1.50 bits per heavy atom. The van der Waals surface area contributed by atoms with Gasteiger partial charge in [-0.15, -0.1) is 6.58 Å². The third-order valence-corrected chi connectivity index (χ3v) is 3.77. The van der Waals surface area contributed by atoms with E-state index in [-0.39, 0.29) is 5.56 Å². The van der Waals surface area contributed by atoms with Gasteiger partial charge in [-0.3, -0.25) is 9.36 Å². The zero-order valence-corrected chi connectivity index (χ0v) is 12.7. The Kier molecular flexibility index (Phi) is 5.04. The topological polar surface area (TPSA) is 34.9 Å². The average Bonchev–Trinajstić information content (AvgIpc) is 2.42. The highest BCUT2D eigenvalue weighted by molar-refractivity contribution is 7.99. The highest BCUT2D eigenvalue weighted by Crippen LogP contribution is 2.18. The number of para-hydroxylation sites is 1. The lowest BCUT2D eigenvalue weighted by Gasteiger charge is -2.10. The Labute approximate surface area is 127 Å². The molecule has 3 nitrogen and oxygen atoms in total. The number of thioether (sulfide) groups is 1. The van der Waals surface area contributed by atoms with Gasteiger partial charge in [0.2, 0.25) is 0 Å². The van der Waals surface area contributed by atoms with Crippen molar-refractivity contribution in [3.63, 3.8) is 0 Å². The summed E-state index contributed by atoms with van der Waals surface area (Å²) in [6, 6.07) is 7.36. The quantitative estimate of drug-likeness (QED) is 0.478. The molecule has 0 saturated heterocycles. The Morgan fingerprint density at radius 2 is 2.25 bits per heavy atom. The van der Waals surface area contributed by atoms with E-state index in [0.29, 0.717) is 28.4 Å². The second kappa shape index (κ2) is 6.77. The highest BCUT2D eigenvalue weighted by atomic mass is 35.5. The number of rotatable bonds is 5. The molecule has 0 aliphatic heterocycles. The molecule has 0 atom stereocenters. The Bertz CT molecular complexity index is 717. The van der Waals surface area contributed by atoms with Crippen molar-refractivity contribution in [2.45, 2.75) is 18.6 Å². The predicted molar refractivity (Wildman–Crippen MR) is 86.5 cm³/mol. The van der Waals surface area contributed by atoms with Gasteiger partial charge in [-0.05, 0) is 19.1 Å². The van der Waals surface area contributed by atoms with Crippen LogP contribution in [0.1, 0.15) is 6.92 Å². The molecule has 0 bridgehead atoms. The first-order valence-corrected chi connectivity index (χ1v) is 7.55. The number of halogens is 1. The van der Waals surface area contributed by atoms with Gasteiger partial charge in [0.15, 0.2) is 5.16 Å². The molecular formula is C15H15ClN2OS. The molecule has 0 spiro atoms. The summed E-state index contributed by atoms with van der Waals surface area (Å²) in [7, 11) is 0. The lowest BCUT2D eigenvalue weighted by molar-refractivity contribution is 0.672. The van der Waals surface area contributed by atoms with Crippen LogP contribution < -0.4 is 5.56 Å². The summed E-state index contributed by atoms with van der Waals surface area (Å²) in [5.74, 6) is 0.678. The van der Waals surface area contributed by atoms with E-state index in [1.807, 2.05) is 31.2 Å². The van der Waals surface area contributed by atoms with E-state index >= 15 is 0 Å². The molecular weight excluding hydrogens is 292 g/mol. The maximum Gasteiger partial charge on any atom is 0.262 e. The molecule has 5 heteroatoms. The molecule has 1 aromatic carbocycles. The fourth-order valence-electron chi connectivity index (χ4n) is 1.78. The Balaban J connectivity index is 2.50. The van der Waals surface area contributed by atoms with Crippen LogP contribution in [0.3, 0.4) is 0 Å². The van der Waals surface area contributed by atoms with Gasteiger partial charge < -0.3 is 0 Å². The molecule has 0 aliphatic rings. The first-order chi connectivity index (χ1) is 9.63. The van der Waals surface area contributed by atoms with E-state index in [1.54, 1.807) is 16.7 Å². The predicted octanol–water partition coefficient (Wildman–Crippen LogP) is 3.82.